The first-order valence-electron chi connectivity index (χ1n) is 6.43. The van der Waals surface area contributed by atoms with Crippen molar-refractivity contribution >= 4 is 0 Å². The average Bonchev–Trinajstić information content (AvgIpc) is 2.50. The van der Waals surface area contributed by atoms with Gasteiger partial charge in [0.05, 0.1) is 19.3 Å². The highest BCUT2D eigenvalue weighted by molar-refractivity contribution is 4.92. The van der Waals surface area contributed by atoms with Crippen LogP contribution in [0.5, 0.6) is 0 Å². The molecule has 1 atom stereocenters. The molecule has 1 heterocycles. The Balaban J connectivity index is 1.83. The lowest BCUT2D eigenvalue weighted by Gasteiger charge is -2.38. The molecule has 2 rings (SSSR count). The number of rotatable bonds is 2. The van der Waals surface area contributed by atoms with E-state index in [1.54, 1.807) is 0 Å². The van der Waals surface area contributed by atoms with Gasteiger partial charge in [0.15, 0.2) is 5.79 Å². The second kappa shape index (κ2) is 4.28. The number of hydrogen-bond acceptors (Lipinski definition) is 3. The fourth-order valence-corrected chi connectivity index (χ4v) is 2.71. The van der Waals surface area contributed by atoms with Crippen molar-refractivity contribution in [3.63, 3.8) is 0 Å². The van der Waals surface area contributed by atoms with E-state index in [-0.39, 0.29) is 0 Å². The van der Waals surface area contributed by atoms with Crippen LogP contribution < -0.4 is 5.32 Å². The Morgan fingerprint density at radius 1 is 1.06 bits per heavy atom. The lowest BCUT2D eigenvalue weighted by atomic mass is 9.87. The van der Waals surface area contributed by atoms with Gasteiger partial charge >= 0.3 is 0 Å². The average molecular weight is 227 g/mol. The molecule has 3 nitrogen and oxygen atoms in total. The maximum absolute atomic E-state index is 5.67. The topological polar surface area (TPSA) is 30.5 Å². The lowest BCUT2D eigenvalue weighted by Crippen LogP contribution is -2.53. The van der Waals surface area contributed by atoms with Gasteiger partial charge in [-0.3, -0.25) is 0 Å². The van der Waals surface area contributed by atoms with Gasteiger partial charge in [0.25, 0.3) is 0 Å². The molecule has 1 saturated heterocycles. The number of ether oxygens (including phenoxy) is 2. The van der Waals surface area contributed by atoms with Crippen LogP contribution in [0.1, 0.15) is 47.0 Å². The van der Waals surface area contributed by atoms with Gasteiger partial charge in [0.1, 0.15) is 0 Å². The van der Waals surface area contributed by atoms with Gasteiger partial charge < -0.3 is 14.8 Å². The second-order valence-electron chi connectivity index (χ2n) is 6.32. The molecule has 0 aromatic carbocycles. The van der Waals surface area contributed by atoms with Crippen molar-refractivity contribution in [1.82, 2.24) is 5.32 Å². The maximum atomic E-state index is 5.67. The van der Waals surface area contributed by atoms with Crippen LogP contribution in [0.4, 0.5) is 0 Å². The van der Waals surface area contributed by atoms with Crippen molar-refractivity contribution in [2.45, 2.75) is 64.8 Å². The zero-order chi connectivity index (χ0) is 11.8. The van der Waals surface area contributed by atoms with E-state index in [0.717, 1.165) is 13.2 Å². The summed E-state index contributed by atoms with van der Waals surface area (Å²) in [7, 11) is 0. The van der Waals surface area contributed by atoms with Crippen LogP contribution in [0.25, 0.3) is 0 Å². The van der Waals surface area contributed by atoms with Crippen molar-refractivity contribution < 1.29 is 9.47 Å². The van der Waals surface area contributed by atoms with Gasteiger partial charge in [-0.05, 0) is 32.1 Å². The second-order valence-corrected chi connectivity index (χ2v) is 6.32. The molecule has 2 aliphatic rings. The summed E-state index contributed by atoms with van der Waals surface area (Å²) in [6, 6.07) is 0.973. The van der Waals surface area contributed by atoms with Crippen molar-refractivity contribution in [1.29, 1.82) is 0 Å². The maximum Gasteiger partial charge on any atom is 0.162 e. The van der Waals surface area contributed by atoms with E-state index in [0.29, 0.717) is 17.5 Å². The molecule has 0 aromatic heterocycles. The van der Waals surface area contributed by atoms with Gasteiger partial charge in [-0.25, -0.2) is 0 Å². The van der Waals surface area contributed by atoms with Gasteiger partial charge in [-0.1, -0.05) is 20.3 Å². The van der Waals surface area contributed by atoms with Crippen LogP contribution in [0, 0.1) is 5.41 Å². The zero-order valence-electron chi connectivity index (χ0n) is 11.0. The molecule has 3 heteroatoms. The standard InChI is InChI=1S/C13H25NO2/c1-12(2)7-5-6-11(12)14-10-8-15-13(3,4)16-9-10/h10-11,14H,5-9H2,1-4H3. The highest BCUT2D eigenvalue weighted by atomic mass is 16.7. The van der Waals surface area contributed by atoms with E-state index in [1.165, 1.54) is 19.3 Å². The normalized spacial score (nSPS) is 34.1. The van der Waals surface area contributed by atoms with Gasteiger partial charge in [0.2, 0.25) is 0 Å². The molecule has 2 fully saturated rings. The number of hydrogen-bond donors (Lipinski definition) is 1. The van der Waals surface area contributed by atoms with E-state index >= 15 is 0 Å². The highest BCUT2D eigenvalue weighted by Gasteiger charge is 2.37. The summed E-state index contributed by atoms with van der Waals surface area (Å²) in [5, 5.41) is 3.70. The molecule has 1 aliphatic heterocycles. The third-order valence-corrected chi connectivity index (χ3v) is 3.96. The SMILES string of the molecule is CC1(C)OCC(NC2CCCC2(C)C)CO1. The molecule has 1 unspecified atom stereocenters. The van der Waals surface area contributed by atoms with E-state index < -0.39 is 5.79 Å². The Morgan fingerprint density at radius 2 is 1.69 bits per heavy atom. The summed E-state index contributed by atoms with van der Waals surface area (Å²) < 4.78 is 11.3. The van der Waals surface area contributed by atoms with Crippen molar-refractivity contribution in [3.05, 3.63) is 0 Å². The molecule has 1 aliphatic carbocycles. The largest absolute Gasteiger partial charge is 0.349 e. The van der Waals surface area contributed by atoms with Crippen LogP contribution in [0.15, 0.2) is 0 Å². The number of nitrogens with one attached hydrogen (secondary N) is 1. The lowest BCUT2D eigenvalue weighted by molar-refractivity contribution is -0.253. The highest BCUT2D eigenvalue weighted by Crippen LogP contribution is 2.37. The Hall–Kier alpha value is -0.120. The molecule has 94 valence electrons. The summed E-state index contributed by atoms with van der Waals surface area (Å²) in [5.41, 5.74) is 0.424. The van der Waals surface area contributed by atoms with Gasteiger partial charge in [-0.2, -0.15) is 0 Å². The van der Waals surface area contributed by atoms with Crippen molar-refractivity contribution in [3.8, 4) is 0 Å². The first-order valence-corrected chi connectivity index (χ1v) is 6.43. The minimum Gasteiger partial charge on any atom is -0.349 e. The minimum absolute atomic E-state index is 0.357. The zero-order valence-corrected chi connectivity index (χ0v) is 11.0. The first-order chi connectivity index (χ1) is 7.39. The van der Waals surface area contributed by atoms with Crippen LogP contribution >= 0.6 is 0 Å². The quantitative estimate of drug-likeness (QED) is 0.785. The first kappa shape index (κ1) is 12.3. The Labute approximate surface area is 98.9 Å². The predicted molar refractivity (Wildman–Crippen MR) is 64.3 cm³/mol. The van der Waals surface area contributed by atoms with E-state index in [1.807, 2.05) is 13.8 Å². The summed E-state index contributed by atoms with van der Waals surface area (Å²) in [5.74, 6) is -0.399. The Bertz CT molecular complexity index is 240. The van der Waals surface area contributed by atoms with Gasteiger partial charge in [0, 0.05) is 6.04 Å². The third kappa shape index (κ3) is 2.76. The summed E-state index contributed by atoms with van der Waals surface area (Å²) >= 11 is 0. The minimum atomic E-state index is -0.399. The molecule has 16 heavy (non-hydrogen) atoms. The molecule has 0 radical (unpaired) electrons. The van der Waals surface area contributed by atoms with Crippen molar-refractivity contribution in [2.75, 3.05) is 13.2 Å². The van der Waals surface area contributed by atoms with E-state index in [2.05, 4.69) is 19.2 Å². The Morgan fingerprint density at radius 3 is 2.19 bits per heavy atom. The summed E-state index contributed by atoms with van der Waals surface area (Å²) in [4.78, 5) is 0. The monoisotopic (exact) mass is 227 g/mol. The van der Waals surface area contributed by atoms with Gasteiger partial charge in [-0.15, -0.1) is 0 Å². The predicted octanol–water partition coefficient (Wildman–Crippen LogP) is 2.31. The molecule has 0 bridgehead atoms. The summed E-state index contributed by atoms with van der Waals surface area (Å²) in [6.07, 6.45) is 3.95. The molecule has 1 saturated carbocycles. The molecule has 0 spiro atoms. The fourth-order valence-electron chi connectivity index (χ4n) is 2.71. The summed E-state index contributed by atoms with van der Waals surface area (Å²) in [6.45, 7) is 10.2. The van der Waals surface area contributed by atoms with Crippen LogP contribution in [-0.2, 0) is 9.47 Å². The van der Waals surface area contributed by atoms with Crippen LogP contribution in [0.3, 0.4) is 0 Å². The van der Waals surface area contributed by atoms with Crippen molar-refractivity contribution in [2.24, 2.45) is 5.41 Å². The molecule has 1 N–H and O–H groups in total. The van der Waals surface area contributed by atoms with E-state index in [4.69, 9.17) is 9.47 Å². The Kier molecular flexibility index (Phi) is 3.30. The fraction of sp³-hybridized carbons (Fsp3) is 1.00. The van der Waals surface area contributed by atoms with E-state index in [9.17, 15) is 0 Å². The third-order valence-electron chi connectivity index (χ3n) is 3.96. The molecule has 0 amide bonds. The molecule has 0 aromatic rings. The van der Waals surface area contributed by atoms with Crippen LogP contribution in [0.2, 0.25) is 0 Å². The van der Waals surface area contributed by atoms with Crippen LogP contribution in [-0.4, -0.2) is 31.1 Å². The smallest absolute Gasteiger partial charge is 0.162 e. The molecular weight excluding hydrogens is 202 g/mol. The molecular formula is C13H25NO2.